The number of hydrogen-bond acceptors (Lipinski definition) is 5. The van der Waals surface area contributed by atoms with Crippen molar-refractivity contribution in [3.8, 4) is 0 Å². The zero-order chi connectivity index (χ0) is 17.4. The quantitative estimate of drug-likeness (QED) is 0.838. The Morgan fingerprint density at radius 3 is 2.83 bits per heavy atom. The number of carbonyl (C=O) groups is 1. The fourth-order valence-corrected chi connectivity index (χ4v) is 5.09. The first-order valence-electron chi connectivity index (χ1n) is 7.76. The van der Waals surface area contributed by atoms with Crippen molar-refractivity contribution in [1.82, 2.24) is 15.3 Å². The van der Waals surface area contributed by atoms with Gasteiger partial charge in [-0.1, -0.05) is 12.1 Å². The van der Waals surface area contributed by atoms with Gasteiger partial charge in [0.25, 0.3) is 5.56 Å². The van der Waals surface area contributed by atoms with Crippen LogP contribution in [0.4, 0.5) is 0 Å². The Balaban J connectivity index is 1.66. The molecule has 1 fully saturated rings. The molecular formula is C16H19N3O4S. The van der Waals surface area contributed by atoms with E-state index in [1.807, 2.05) is 0 Å². The number of rotatable bonds is 4. The summed E-state index contributed by atoms with van der Waals surface area (Å²) < 4.78 is 23.1. The summed E-state index contributed by atoms with van der Waals surface area (Å²) in [5.74, 6) is 0.267. The maximum absolute atomic E-state index is 12.1. The number of benzene rings is 1. The van der Waals surface area contributed by atoms with Crippen molar-refractivity contribution >= 4 is 26.6 Å². The molecule has 2 heterocycles. The molecule has 2 N–H and O–H groups in total. The number of nitrogens with one attached hydrogen (secondary N) is 2. The Morgan fingerprint density at radius 2 is 2.12 bits per heavy atom. The molecule has 0 saturated carbocycles. The molecule has 0 unspecified atom stereocenters. The van der Waals surface area contributed by atoms with Crippen molar-refractivity contribution < 1.29 is 13.2 Å². The van der Waals surface area contributed by atoms with Crippen molar-refractivity contribution in [2.75, 3.05) is 11.5 Å². The van der Waals surface area contributed by atoms with E-state index in [0.29, 0.717) is 23.1 Å². The largest absolute Gasteiger partial charge is 0.350 e. The van der Waals surface area contributed by atoms with E-state index in [1.54, 1.807) is 31.2 Å². The van der Waals surface area contributed by atoms with Gasteiger partial charge in [-0.3, -0.25) is 9.59 Å². The summed E-state index contributed by atoms with van der Waals surface area (Å²) in [7, 11) is -3.07. The van der Waals surface area contributed by atoms with Crippen LogP contribution < -0.4 is 10.9 Å². The second-order valence-electron chi connectivity index (χ2n) is 6.48. The van der Waals surface area contributed by atoms with Gasteiger partial charge in [-0.25, -0.2) is 13.4 Å². The molecule has 24 heavy (non-hydrogen) atoms. The molecule has 2 aromatic rings. The van der Waals surface area contributed by atoms with Gasteiger partial charge >= 0.3 is 0 Å². The van der Waals surface area contributed by atoms with Crippen molar-refractivity contribution in [2.45, 2.75) is 31.7 Å². The van der Waals surface area contributed by atoms with E-state index < -0.39 is 15.4 Å². The fraction of sp³-hybridized carbons (Fsp3) is 0.438. The number of H-pyrrole nitrogens is 1. The minimum atomic E-state index is -3.07. The van der Waals surface area contributed by atoms with Gasteiger partial charge in [-0.15, -0.1) is 0 Å². The van der Waals surface area contributed by atoms with E-state index >= 15 is 0 Å². The van der Waals surface area contributed by atoms with Gasteiger partial charge in [0.2, 0.25) is 5.91 Å². The van der Waals surface area contributed by atoms with E-state index in [4.69, 9.17) is 0 Å². The lowest BCUT2D eigenvalue weighted by Crippen LogP contribution is -2.47. The van der Waals surface area contributed by atoms with E-state index in [9.17, 15) is 18.0 Å². The Kier molecular flexibility index (Phi) is 4.16. The third-order valence-electron chi connectivity index (χ3n) is 4.20. The summed E-state index contributed by atoms with van der Waals surface area (Å²) in [6, 6.07) is 7.01. The maximum atomic E-state index is 12.1. The number of sulfone groups is 1. The van der Waals surface area contributed by atoms with Gasteiger partial charge in [0.1, 0.15) is 5.82 Å². The Bertz CT molecular complexity index is 951. The number of aryl methyl sites for hydroxylation is 1. The molecule has 0 bridgehead atoms. The van der Waals surface area contributed by atoms with E-state index in [-0.39, 0.29) is 35.8 Å². The van der Waals surface area contributed by atoms with Gasteiger partial charge in [0.05, 0.1) is 27.9 Å². The summed E-state index contributed by atoms with van der Waals surface area (Å²) in [5, 5.41) is 3.30. The van der Waals surface area contributed by atoms with Crippen LogP contribution in [0.5, 0.6) is 0 Å². The molecule has 1 aromatic heterocycles. The minimum absolute atomic E-state index is 0.0310. The summed E-state index contributed by atoms with van der Waals surface area (Å²) >= 11 is 0. The molecule has 0 radical (unpaired) electrons. The highest BCUT2D eigenvalue weighted by atomic mass is 32.2. The summed E-state index contributed by atoms with van der Waals surface area (Å²) in [6.07, 6.45) is 0.845. The summed E-state index contributed by atoms with van der Waals surface area (Å²) in [4.78, 5) is 31.1. The smallest absolute Gasteiger partial charge is 0.258 e. The molecule has 0 spiro atoms. The molecule has 1 saturated heterocycles. The zero-order valence-electron chi connectivity index (χ0n) is 13.3. The van der Waals surface area contributed by atoms with E-state index in [1.165, 1.54) is 0 Å². The minimum Gasteiger partial charge on any atom is -0.350 e. The normalized spacial score (nSPS) is 22.5. The molecule has 1 amide bonds. The Hall–Kier alpha value is -2.22. The molecule has 1 aliphatic heterocycles. The average Bonchev–Trinajstić information content (AvgIpc) is 2.78. The van der Waals surface area contributed by atoms with Crippen molar-refractivity contribution in [3.05, 3.63) is 40.4 Å². The highest BCUT2D eigenvalue weighted by molar-refractivity contribution is 7.91. The third-order valence-corrected chi connectivity index (χ3v) is 6.10. The Labute approximate surface area is 139 Å². The highest BCUT2D eigenvalue weighted by Crippen LogP contribution is 2.22. The lowest BCUT2D eigenvalue weighted by molar-refractivity contribution is -0.122. The van der Waals surface area contributed by atoms with E-state index in [2.05, 4.69) is 15.3 Å². The van der Waals surface area contributed by atoms with Crippen molar-refractivity contribution in [1.29, 1.82) is 0 Å². The van der Waals surface area contributed by atoms with Crippen LogP contribution >= 0.6 is 0 Å². The maximum Gasteiger partial charge on any atom is 0.258 e. The van der Waals surface area contributed by atoms with Crippen molar-refractivity contribution in [2.24, 2.45) is 0 Å². The first-order valence-corrected chi connectivity index (χ1v) is 9.58. The van der Waals surface area contributed by atoms with Crippen LogP contribution in [0.3, 0.4) is 0 Å². The predicted octanol–water partition coefficient (Wildman–Crippen LogP) is 0.549. The number of amides is 1. The monoisotopic (exact) mass is 349 g/mol. The topological polar surface area (TPSA) is 109 Å². The van der Waals surface area contributed by atoms with Gasteiger partial charge in [-0.2, -0.15) is 0 Å². The van der Waals surface area contributed by atoms with Crippen LogP contribution in [-0.2, 0) is 21.1 Å². The molecule has 1 aromatic carbocycles. The van der Waals surface area contributed by atoms with Crippen LogP contribution in [0.2, 0.25) is 0 Å². The highest BCUT2D eigenvalue weighted by Gasteiger charge is 2.39. The second kappa shape index (κ2) is 6.01. The summed E-state index contributed by atoms with van der Waals surface area (Å²) in [5.41, 5.74) is -0.351. The molecule has 128 valence electrons. The fourth-order valence-electron chi connectivity index (χ4n) is 2.99. The number of hydrogen-bond donors (Lipinski definition) is 2. The molecule has 1 atom stereocenters. The number of aromatic amines is 1. The number of para-hydroxylation sites is 1. The lowest BCUT2D eigenvalue weighted by Gasteiger charge is -2.23. The standard InChI is InChI=1S/C16H19N3O4S/c1-16(8-9-24(22,23)10-16)19-14(20)7-6-13-17-12-5-3-2-4-11(12)15(21)18-13/h2-5H,6-10H2,1H3,(H,19,20)(H,17,18,21)/t16-/m0/s1. The zero-order valence-corrected chi connectivity index (χ0v) is 14.1. The molecule has 7 nitrogen and oxygen atoms in total. The molecule has 3 rings (SSSR count). The van der Waals surface area contributed by atoms with Gasteiger partial charge in [0.15, 0.2) is 9.84 Å². The van der Waals surface area contributed by atoms with Crippen LogP contribution in [0.1, 0.15) is 25.6 Å². The van der Waals surface area contributed by atoms with Crippen LogP contribution in [0.25, 0.3) is 10.9 Å². The van der Waals surface area contributed by atoms with Gasteiger partial charge in [-0.05, 0) is 25.5 Å². The average molecular weight is 349 g/mol. The molecular weight excluding hydrogens is 330 g/mol. The molecule has 1 aliphatic rings. The molecule has 8 heteroatoms. The number of fused-ring (bicyclic) bond motifs is 1. The van der Waals surface area contributed by atoms with Gasteiger partial charge < -0.3 is 10.3 Å². The number of carbonyl (C=O) groups excluding carboxylic acids is 1. The summed E-state index contributed by atoms with van der Waals surface area (Å²) in [6.45, 7) is 1.74. The first-order chi connectivity index (χ1) is 11.3. The third kappa shape index (κ3) is 3.64. The second-order valence-corrected chi connectivity index (χ2v) is 8.66. The predicted molar refractivity (Wildman–Crippen MR) is 90.5 cm³/mol. The van der Waals surface area contributed by atoms with Crippen LogP contribution in [0.15, 0.2) is 29.1 Å². The van der Waals surface area contributed by atoms with Gasteiger partial charge in [0, 0.05) is 12.8 Å². The first kappa shape index (κ1) is 16.6. The molecule has 0 aliphatic carbocycles. The number of nitrogens with zero attached hydrogens (tertiary/aromatic N) is 1. The van der Waals surface area contributed by atoms with Crippen LogP contribution in [0, 0.1) is 0 Å². The SMILES string of the molecule is C[C@]1(NC(=O)CCc2nc3ccccc3c(=O)[nH]2)CCS(=O)(=O)C1. The van der Waals surface area contributed by atoms with Crippen molar-refractivity contribution in [3.63, 3.8) is 0 Å². The van der Waals surface area contributed by atoms with E-state index in [0.717, 1.165) is 0 Å². The lowest BCUT2D eigenvalue weighted by atomic mass is 10.0. The van der Waals surface area contributed by atoms with Crippen LogP contribution in [-0.4, -0.2) is 41.3 Å². The number of aromatic nitrogens is 2. The Morgan fingerprint density at radius 1 is 1.38 bits per heavy atom.